The SMILES string of the molecule is COc1cc(CNC(=O)c2cc(C3=NO[C@@H](C4CCC(NC(C)=O)CC4)C3)nc(C)n2)ccc1F. The lowest BCUT2D eigenvalue weighted by molar-refractivity contribution is -0.120. The third-order valence-corrected chi connectivity index (χ3v) is 6.43. The number of rotatable bonds is 7. The smallest absolute Gasteiger partial charge is 0.270 e. The molecule has 1 aromatic carbocycles. The van der Waals surface area contributed by atoms with E-state index in [4.69, 9.17) is 9.57 Å². The number of nitrogens with zero attached hydrogens (tertiary/aromatic N) is 3. The molecule has 1 aromatic heterocycles. The third kappa shape index (κ3) is 6.12. The molecule has 0 radical (unpaired) electrons. The van der Waals surface area contributed by atoms with E-state index in [9.17, 15) is 14.0 Å². The molecule has 2 aromatic rings. The van der Waals surface area contributed by atoms with Crippen LogP contribution in [0.15, 0.2) is 29.4 Å². The lowest BCUT2D eigenvalue weighted by atomic mass is 9.81. The molecule has 1 aliphatic heterocycles. The Hall–Kier alpha value is -3.56. The van der Waals surface area contributed by atoms with E-state index in [-0.39, 0.29) is 41.9 Å². The van der Waals surface area contributed by atoms with E-state index in [0.29, 0.717) is 35.1 Å². The van der Waals surface area contributed by atoms with E-state index >= 15 is 0 Å². The van der Waals surface area contributed by atoms with Crippen LogP contribution in [0, 0.1) is 18.7 Å². The van der Waals surface area contributed by atoms with Gasteiger partial charge in [0.15, 0.2) is 11.6 Å². The number of hydrogen-bond donors (Lipinski definition) is 2. The zero-order valence-corrected chi connectivity index (χ0v) is 20.1. The predicted molar refractivity (Wildman–Crippen MR) is 126 cm³/mol. The Morgan fingerprint density at radius 3 is 2.66 bits per heavy atom. The molecule has 186 valence electrons. The Kier molecular flexibility index (Phi) is 7.57. The summed E-state index contributed by atoms with van der Waals surface area (Å²) in [5.41, 5.74) is 2.19. The van der Waals surface area contributed by atoms with Crippen molar-refractivity contribution in [3.05, 3.63) is 52.9 Å². The van der Waals surface area contributed by atoms with Gasteiger partial charge in [0.05, 0.1) is 12.8 Å². The molecule has 35 heavy (non-hydrogen) atoms. The van der Waals surface area contributed by atoms with Gasteiger partial charge in [0.2, 0.25) is 5.91 Å². The van der Waals surface area contributed by atoms with Gasteiger partial charge in [0.1, 0.15) is 23.3 Å². The molecule has 1 aliphatic carbocycles. The number of ether oxygens (including phenoxy) is 1. The minimum atomic E-state index is -0.461. The second-order valence-electron chi connectivity index (χ2n) is 9.04. The summed E-state index contributed by atoms with van der Waals surface area (Å²) in [6.45, 7) is 3.47. The Morgan fingerprint density at radius 1 is 1.17 bits per heavy atom. The molecule has 0 saturated heterocycles. The molecule has 1 atom stereocenters. The first kappa shape index (κ1) is 24.6. The summed E-state index contributed by atoms with van der Waals surface area (Å²) in [5.74, 6) is 0.115. The Balaban J connectivity index is 1.36. The quantitative estimate of drug-likeness (QED) is 0.626. The molecule has 1 fully saturated rings. The molecule has 0 bridgehead atoms. The maximum Gasteiger partial charge on any atom is 0.270 e. The number of aromatic nitrogens is 2. The van der Waals surface area contributed by atoms with Gasteiger partial charge < -0.3 is 20.2 Å². The molecule has 0 spiro atoms. The molecule has 0 unspecified atom stereocenters. The molecule has 2 aliphatic rings. The van der Waals surface area contributed by atoms with Crippen molar-refractivity contribution in [2.24, 2.45) is 11.1 Å². The molecule has 2 heterocycles. The molecule has 4 rings (SSSR count). The first-order chi connectivity index (χ1) is 16.8. The van der Waals surface area contributed by atoms with Gasteiger partial charge in [0.25, 0.3) is 5.91 Å². The Bertz CT molecular complexity index is 1130. The van der Waals surface area contributed by atoms with Gasteiger partial charge in [-0.2, -0.15) is 0 Å². The van der Waals surface area contributed by atoms with Crippen molar-refractivity contribution in [1.29, 1.82) is 0 Å². The molecule has 1 saturated carbocycles. The number of aryl methyl sites for hydroxylation is 1. The zero-order valence-electron chi connectivity index (χ0n) is 20.1. The summed E-state index contributed by atoms with van der Waals surface area (Å²) in [6.07, 6.45) is 4.35. The maximum absolute atomic E-state index is 13.6. The van der Waals surface area contributed by atoms with Crippen molar-refractivity contribution in [3.63, 3.8) is 0 Å². The summed E-state index contributed by atoms with van der Waals surface area (Å²) in [7, 11) is 1.39. The van der Waals surface area contributed by atoms with E-state index in [0.717, 1.165) is 25.7 Å². The van der Waals surface area contributed by atoms with Gasteiger partial charge in [-0.25, -0.2) is 14.4 Å². The Morgan fingerprint density at radius 2 is 1.94 bits per heavy atom. The van der Waals surface area contributed by atoms with Crippen LogP contribution in [0.3, 0.4) is 0 Å². The minimum absolute atomic E-state index is 0.00699. The minimum Gasteiger partial charge on any atom is -0.494 e. The van der Waals surface area contributed by atoms with Gasteiger partial charge in [-0.15, -0.1) is 0 Å². The van der Waals surface area contributed by atoms with Crippen molar-refractivity contribution >= 4 is 17.5 Å². The standard InChI is InChI=1S/C25H30FN5O4/c1-14-28-20(21-12-23(35-31-21)17-5-7-18(8-6-17)30-15(2)32)11-22(29-14)25(33)27-13-16-4-9-19(26)24(10-16)34-3/h4,9-11,17-18,23H,5-8,12-13H2,1-3H3,(H,27,33)(H,30,32)/t17?,18?,23-/m1/s1. The van der Waals surface area contributed by atoms with Crippen LogP contribution >= 0.6 is 0 Å². The first-order valence-corrected chi connectivity index (χ1v) is 11.8. The molecule has 10 heteroatoms. The second-order valence-corrected chi connectivity index (χ2v) is 9.04. The summed E-state index contributed by atoms with van der Waals surface area (Å²) in [4.78, 5) is 38.5. The highest BCUT2D eigenvalue weighted by Gasteiger charge is 2.34. The second kappa shape index (κ2) is 10.8. The van der Waals surface area contributed by atoms with Gasteiger partial charge in [0, 0.05) is 25.9 Å². The van der Waals surface area contributed by atoms with E-state index < -0.39 is 5.82 Å². The van der Waals surface area contributed by atoms with E-state index in [1.807, 2.05) is 0 Å². The molecule has 2 N–H and O–H groups in total. The lowest BCUT2D eigenvalue weighted by Crippen LogP contribution is -2.38. The zero-order chi connectivity index (χ0) is 24.9. The highest BCUT2D eigenvalue weighted by molar-refractivity contribution is 6.01. The number of hydrogen-bond acceptors (Lipinski definition) is 7. The number of methoxy groups -OCH3 is 1. The fourth-order valence-electron chi connectivity index (χ4n) is 4.64. The van der Waals surface area contributed by atoms with E-state index in [2.05, 4.69) is 25.8 Å². The number of halogens is 1. The van der Waals surface area contributed by atoms with Crippen LogP contribution in [0.25, 0.3) is 0 Å². The predicted octanol–water partition coefficient (Wildman–Crippen LogP) is 3.05. The largest absolute Gasteiger partial charge is 0.494 e. The highest BCUT2D eigenvalue weighted by atomic mass is 19.1. The van der Waals surface area contributed by atoms with Gasteiger partial charge in [-0.1, -0.05) is 11.2 Å². The van der Waals surface area contributed by atoms with Crippen LogP contribution in [0.2, 0.25) is 0 Å². The van der Waals surface area contributed by atoms with Crippen LogP contribution in [0.1, 0.15) is 66.6 Å². The number of nitrogens with one attached hydrogen (secondary N) is 2. The molecule has 2 amide bonds. The first-order valence-electron chi connectivity index (χ1n) is 11.8. The summed E-state index contributed by atoms with van der Waals surface area (Å²) < 4.78 is 18.6. The van der Waals surface area contributed by atoms with Gasteiger partial charge in [-0.3, -0.25) is 9.59 Å². The average molecular weight is 484 g/mol. The summed E-state index contributed by atoms with van der Waals surface area (Å²) in [6, 6.07) is 6.27. The molecular formula is C25H30FN5O4. The summed E-state index contributed by atoms with van der Waals surface area (Å²) in [5, 5.41) is 10.1. The van der Waals surface area contributed by atoms with Crippen molar-refractivity contribution < 1.29 is 23.6 Å². The van der Waals surface area contributed by atoms with E-state index in [1.165, 1.54) is 13.2 Å². The molecule has 9 nitrogen and oxygen atoms in total. The maximum atomic E-state index is 13.6. The van der Waals surface area contributed by atoms with Crippen molar-refractivity contribution in [2.45, 2.75) is 64.6 Å². The van der Waals surface area contributed by atoms with Crippen molar-refractivity contribution in [3.8, 4) is 5.75 Å². The monoisotopic (exact) mass is 483 g/mol. The van der Waals surface area contributed by atoms with Gasteiger partial charge in [-0.05, 0) is 62.3 Å². The van der Waals surface area contributed by atoms with Crippen LogP contribution in [0.4, 0.5) is 4.39 Å². The number of carbonyl (C=O) groups is 2. The number of carbonyl (C=O) groups excluding carboxylic acids is 2. The van der Waals surface area contributed by atoms with Crippen LogP contribution < -0.4 is 15.4 Å². The van der Waals surface area contributed by atoms with Crippen molar-refractivity contribution in [2.75, 3.05) is 7.11 Å². The van der Waals surface area contributed by atoms with E-state index in [1.54, 1.807) is 32.0 Å². The van der Waals surface area contributed by atoms with Crippen molar-refractivity contribution in [1.82, 2.24) is 20.6 Å². The third-order valence-electron chi connectivity index (χ3n) is 6.43. The van der Waals surface area contributed by atoms with Crippen LogP contribution in [0.5, 0.6) is 5.75 Å². The lowest BCUT2D eigenvalue weighted by Gasteiger charge is -2.31. The number of oxime groups is 1. The fraction of sp³-hybridized carbons (Fsp3) is 0.480. The van der Waals surface area contributed by atoms with Crippen LogP contribution in [-0.2, 0) is 16.2 Å². The molecular weight excluding hydrogens is 453 g/mol. The summed E-state index contributed by atoms with van der Waals surface area (Å²) >= 11 is 0. The average Bonchev–Trinajstić information content (AvgIpc) is 3.33. The highest BCUT2D eigenvalue weighted by Crippen LogP contribution is 2.33. The topological polar surface area (TPSA) is 115 Å². The number of benzene rings is 1. The normalized spacial score (nSPS) is 21.6. The number of amides is 2. The van der Waals surface area contributed by atoms with Gasteiger partial charge >= 0.3 is 0 Å². The Labute approximate surface area is 203 Å². The van der Waals surface area contributed by atoms with Crippen LogP contribution in [-0.4, -0.2) is 46.7 Å². The fourth-order valence-corrected chi connectivity index (χ4v) is 4.64.